The smallest absolute Gasteiger partial charge is 0.504 e. The van der Waals surface area contributed by atoms with E-state index >= 15 is 0 Å². The van der Waals surface area contributed by atoms with Crippen LogP contribution in [0.25, 0.3) is 0 Å². The zero-order chi connectivity index (χ0) is 11.3. The molecule has 0 aliphatic heterocycles. The molecule has 1 aromatic carbocycles. The predicted octanol–water partition coefficient (Wildman–Crippen LogP) is -0.721. The summed E-state index contributed by atoms with van der Waals surface area (Å²) >= 11 is 0. The monoisotopic (exact) mass is 209 g/mol. The van der Waals surface area contributed by atoms with Crippen LogP contribution in [-0.4, -0.2) is 29.8 Å². The molecule has 0 aliphatic rings. The molecule has 0 unspecified atom stereocenters. The van der Waals surface area contributed by atoms with Gasteiger partial charge in [-0.15, -0.1) is 0 Å². The van der Waals surface area contributed by atoms with Crippen molar-refractivity contribution in [3.05, 3.63) is 29.8 Å². The van der Waals surface area contributed by atoms with Gasteiger partial charge < -0.3 is 20.5 Å². The lowest BCUT2D eigenvalue weighted by Gasteiger charge is -2.07. The maximum Gasteiger partial charge on any atom is 0.504 e. The summed E-state index contributed by atoms with van der Waals surface area (Å²) in [5.41, 5.74) is 6.19. The maximum absolute atomic E-state index is 10.5. The highest BCUT2D eigenvalue weighted by Gasteiger charge is 2.11. The second-order valence-electron chi connectivity index (χ2n) is 3.07. The van der Waals surface area contributed by atoms with Gasteiger partial charge in [0.2, 0.25) is 0 Å². The van der Waals surface area contributed by atoms with E-state index in [1.165, 1.54) is 0 Å². The zero-order valence-corrected chi connectivity index (χ0v) is 8.09. The van der Waals surface area contributed by atoms with Crippen molar-refractivity contribution in [2.75, 3.05) is 0 Å². The molecule has 0 heterocycles. The predicted molar refractivity (Wildman–Crippen MR) is 55.8 cm³/mol. The summed E-state index contributed by atoms with van der Waals surface area (Å²) in [6.45, 7) is 0. The number of nitrogens with two attached hydrogens (primary N) is 1. The van der Waals surface area contributed by atoms with Crippen LogP contribution in [0, 0.1) is 0 Å². The van der Waals surface area contributed by atoms with E-state index in [2.05, 4.69) is 0 Å². The van der Waals surface area contributed by atoms with E-state index < -0.39 is 12.0 Å². The van der Waals surface area contributed by atoms with Crippen LogP contribution in [0.3, 0.4) is 0 Å². The first-order valence-electron chi connectivity index (χ1n) is 4.44. The summed E-state index contributed by atoms with van der Waals surface area (Å²) in [6, 6.07) is 5.84. The minimum atomic E-state index is -1.02. The molecule has 6 heteroatoms. The van der Waals surface area contributed by atoms with Crippen molar-refractivity contribution in [2.24, 2.45) is 5.73 Å². The Hall–Kier alpha value is -1.53. The summed E-state index contributed by atoms with van der Waals surface area (Å²) in [5.74, 6) is -0.490. The lowest BCUT2D eigenvalue weighted by molar-refractivity contribution is -0.138. The van der Waals surface area contributed by atoms with E-state index in [0.29, 0.717) is 5.75 Å². The van der Waals surface area contributed by atoms with Crippen molar-refractivity contribution >= 4 is 13.7 Å². The Bertz CT molecular complexity index is 327. The van der Waals surface area contributed by atoms with Crippen LogP contribution in [-0.2, 0) is 11.2 Å². The molecule has 0 amide bonds. The van der Waals surface area contributed by atoms with Crippen molar-refractivity contribution in [1.82, 2.24) is 0 Å². The van der Waals surface area contributed by atoms with Gasteiger partial charge >= 0.3 is 13.7 Å². The number of benzene rings is 1. The summed E-state index contributed by atoms with van der Waals surface area (Å²) in [6.07, 6.45) is 0.273. The number of hydrogen-bond acceptors (Lipinski definition) is 4. The number of hydrogen-bond donors (Lipinski definition) is 3. The molecular weight excluding hydrogens is 197 g/mol. The first kappa shape index (κ1) is 11.5. The van der Waals surface area contributed by atoms with E-state index in [1.54, 1.807) is 24.3 Å². The fourth-order valence-electron chi connectivity index (χ4n) is 1.14. The van der Waals surface area contributed by atoms with Gasteiger partial charge in [-0.05, 0) is 24.1 Å². The van der Waals surface area contributed by atoms with E-state index in [9.17, 15) is 4.79 Å². The maximum atomic E-state index is 10.5. The number of carbonyl (C=O) groups is 1. The third-order valence-corrected chi connectivity index (χ3v) is 1.93. The molecule has 5 nitrogen and oxygen atoms in total. The minimum absolute atomic E-state index is 0.273. The van der Waals surface area contributed by atoms with E-state index in [4.69, 9.17) is 20.5 Å². The Morgan fingerprint density at radius 2 is 2.07 bits per heavy atom. The van der Waals surface area contributed by atoms with Gasteiger partial charge in [-0.25, -0.2) is 0 Å². The second kappa shape index (κ2) is 5.38. The normalized spacial score (nSPS) is 11.9. The third-order valence-electron chi connectivity index (χ3n) is 1.93. The number of carboxylic acids is 1. The van der Waals surface area contributed by atoms with E-state index in [1.807, 2.05) is 0 Å². The van der Waals surface area contributed by atoms with Gasteiger partial charge in [0.1, 0.15) is 11.8 Å². The van der Waals surface area contributed by atoms with Gasteiger partial charge in [-0.3, -0.25) is 4.79 Å². The van der Waals surface area contributed by atoms with Gasteiger partial charge in [0.25, 0.3) is 0 Å². The van der Waals surface area contributed by atoms with Gasteiger partial charge in [0.15, 0.2) is 0 Å². The van der Waals surface area contributed by atoms with Gasteiger partial charge in [-0.2, -0.15) is 0 Å². The first-order chi connectivity index (χ1) is 7.13. The van der Waals surface area contributed by atoms with Crippen LogP contribution in [0.2, 0.25) is 0 Å². The fraction of sp³-hybridized carbons (Fsp3) is 0.222. The minimum Gasteiger partial charge on any atom is -0.539 e. The van der Waals surface area contributed by atoms with Crippen LogP contribution in [0.4, 0.5) is 0 Å². The number of carboxylic acid groups (broad SMARTS) is 1. The molecule has 0 bridgehead atoms. The highest BCUT2D eigenvalue weighted by atomic mass is 16.5. The second-order valence-corrected chi connectivity index (χ2v) is 3.07. The Labute approximate surface area is 87.8 Å². The van der Waals surface area contributed by atoms with E-state index in [0.717, 1.165) is 5.56 Å². The molecular formula is C9H12BNO4. The highest BCUT2D eigenvalue weighted by molar-refractivity contribution is 6.17. The lowest BCUT2D eigenvalue weighted by atomic mass is 10.1. The highest BCUT2D eigenvalue weighted by Crippen LogP contribution is 2.12. The summed E-state index contributed by atoms with van der Waals surface area (Å²) in [4.78, 5) is 10.5. The van der Waals surface area contributed by atoms with Crippen molar-refractivity contribution < 1.29 is 19.6 Å². The third kappa shape index (κ3) is 3.61. The van der Waals surface area contributed by atoms with Crippen molar-refractivity contribution in [3.63, 3.8) is 0 Å². The molecule has 4 N–H and O–H groups in total. The molecule has 0 saturated carbocycles. The molecule has 0 fully saturated rings. The van der Waals surface area contributed by atoms with Crippen molar-refractivity contribution in [1.29, 1.82) is 0 Å². The average Bonchev–Trinajstić information content (AvgIpc) is 2.21. The molecule has 0 aromatic heterocycles. The molecule has 0 radical (unpaired) electrons. The Morgan fingerprint density at radius 1 is 1.47 bits per heavy atom. The van der Waals surface area contributed by atoms with Crippen molar-refractivity contribution in [3.8, 4) is 5.75 Å². The summed E-state index contributed by atoms with van der Waals surface area (Å²) < 4.78 is 4.82. The van der Waals surface area contributed by atoms with Gasteiger partial charge in [0.05, 0.1) is 0 Å². The first-order valence-corrected chi connectivity index (χ1v) is 4.44. The van der Waals surface area contributed by atoms with Gasteiger partial charge in [-0.1, -0.05) is 12.1 Å². The molecule has 0 aliphatic carbocycles. The summed E-state index contributed by atoms with van der Waals surface area (Å²) in [7, 11) is -0.381. The van der Waals surface area contributed by atoms with Crippen LogP contribution in [0.1, 0.15) is 5.56 Å². The molecule has 15 heavy (non-hydrogen) atoms. The molecule has 1 aromatic rings. The van der Waals surface area contributed by atoms with Gasteiger partial charge in [0, 0.05) is 0 Å². The van der Waals surface area contributed by atoms with Crippen LogP contribution in [0.5, 0.6) is 5.75 Å². The standard InChI is InChI=1S/C9H12BNO4/c11-8(9(12)13)5-6-1-3-7(4-2-6)15-10-14/h1-4,8,10,14H,5,11H2,(H,12,13)/t8-/m0/s1. The average molecular weight is 209 g/mol. The van der Waals surface area contributed by atoms with Crippen LogP contribution in [0.15, 0.2) is 24.3 Å². The topological polar surface area (TPSA) is 92.8 Å². The molecule has 1 rings (SSSR count). The fourth-order valence-corrected chi connectivity index (χ4v) is 1.14. The number of rotatable bonds is 5. The SMILES string of the molecule is N[C@@H](Cc1ccc(OBO)cc1)C(=O)O. The molecule has 0 saturated heterocycles. The molecule has 0 spiro atoms. The molecule has 80 valence electrons. The Kier molecular flexibility index (Phi) is 4.14. The lowest BCUT2D eigenvalue weighted by Crippen LogP contribution is -2.32. The molecule has 1 atom stereocenters. The quantitative estimate of drug-likeness (QED) is 0.556. The zero-order valence-electron chi connectivity index (χ0n) is 8.09. The largest absolute Gasteiger partial charge is 0.539 e. The number of aliphatic carboxylic acids is 1. The van der Waals surface area contributed by atoms with E-state index in [-0.39, 0.29) is 14.1 Å². The van der Waals surface area contributed by atoms with Crippen molar-refractivity contribution in [2.45, 2.75) is 12.5 Å². The Balaban J connectivity index is 2.60. The van der Waals surface area contributed by atoms with Crippen LogP contribution >= 0.6 is 0 Å². The summed E-state index contributed by atoms with van der Waals surface area (Å²) in [5, 5.41) is 17.1. The Morgan fingerprint density at radius 3 is 2.53 bits per heavy atom. The van der Waals surface area contributed by atoms with Crippen LogP contribution < -0.4 is 10.4 Å².